The van der Waals surface area contributed by atoms with Crippen LogP contribution in [0.25, 0.3) is 0 Å². The van der Waals surface area contributed by atoms with Gasteiger partial charge in [-0.3, -0.25) is 0 Å². The minimum Gasteiger partial charge on any atom is -0.490 e. The van der Waals surface area contributed by atoms with Gasteiger partial charge in [0.15, 0.2) is 0 Å². The molecule has 1 aliphatic rings. The normalized spacial score (nSPS) is 26.2. The zero-order valence-electron chi connectivity index (χ0n) is 12.1. The van der Waals surface area contributed by atoms with Gasteiger partial charge in [-0.2, -0.15) is 0 Å². The van der Waals surface area contributed by atoms with Gasteiger partial charge >= 0.3 is 0 Å². The largest absolute Gasteiger partial charge is 0.490 e. The maximum absolute atomic E-state index is 6.25. The van der Waals surface area contributed by atoms with Gasteiger partial charge in [0.25, 0.3) is 0 Å². The highest BCUT2D eigenvalue weighted by molar-refractivity contribution is 9.10. The average molecular weight is 326 g/mol. The van der Waals surface area contributed by atoms with E-state index in [1.165, 1.54) is 6.42 Å². The predicted octanol–water partition coefficient (Wildman–Crippen LogP) is 4.50. The Hall–Kier alpha value is -0.540. The van der Waals surface area contributed by atoms with Gasteiger partial charge in [-0.05, 0) is 42.7 Å². The number of ether oxygens (including phenoxy) is 1. The van der Waals surface area contributed by atoms with Crippen molar-refractivity contribution in [3.8, 4) is 5.75 Å². The van der Waals surface area contributed by atoms with Gasteiger partial charge in [-0.25, -0.2) is 0 Å². The summed E-state index contributed by atoms with van der Waals surface area (Å²) in [6, 6.07) is 6.05. The highest BCUT2D eigenvalue weighted by Gasteiger charge is 2.33. The van der Waals surface area contributed by atoms with Crippen LogP contribution in [0.4, 0.5) is 0 Å². The Bertz CT molecular complexity index is 444. The highest BCUT2D eigenvalue weighted by Crippen LogP contribution is 2.40. The van der Waals surface area contributed by atoms with E-state index in [0.29, 0.717) is 18.1 Å². The van der Waals surface area contributed by atoms with E-state index in [1.807, 2.05) is 18.2 Å². The molecule has 19 heavy (non-hydrogen) atoms. The van der Waals surface area contributed by atoms with Crippen LogP contribution in [0.15, 0.2) is 22.7 Å². The number of rotatable bonds is 3. The Morgan fingerprint density at radius 2 is 2.11 bits per heavy atom. The van der Waals surface area contributed by atoms with E-state index in [1.54, 1.807) is 0 Å². The molecule has 2 unspecified atom stereocenters. The van der Waals surface area contributed by atoms with Crippen molar-refractivity contribution >= 4 is 15.9 Å². The summed E-state index contributed by atoms with van der Waals surface area (Å²) < 4.78 is 7.29. The highest BCUT2D eigenvalue weighted by atomic mass is 79.9. The maximum Gasteiger partial charge on any atom is 0.125 e. The maximum atomic E-state index is 6.25. The van der Waals surface area contributed by atoms with E-state index in [-0.39, 0.29) is 0 Å². The number of halogens is 1. The Kier molecular flexibility index (Phi) is 4.57. The molecule has 1 aliphatic carbocycles. The minimum absolute atomic E-state index is 0.304. The summed E-state index contributed by atoms with van der Waals surface area (Å²) in [5.41, 5.74) is 7.27. The third-order valence-corrected chi connectivity index (χ3v) is 4.66. The monoisotopic (exact) mass is 325 g/mol. The lowest BCUT2D eigenvalue weighted by atomic mass is 9.71. The fraction of sp³-hybridized carbons (Fsp3) is 0.625. The fourth-order valence-corrected chi connectivity index (χ4v) is 3.89. The predicted molar refractivity (Wildman–Crippen MR) is 83.2 cm³/mol. The van der Waals surface area contributed by atoms with Crippen molar-refractivity contribution in [2.75, 3.05) is 0 Å². The zero-order valence-corrected chi connectivity index (χ0v) is 13.7. The summed E-state index contributed by atoms with van der Waals surface area (Å²) in [6.07, 6.45) is 3.85. The van der Waals surface area contributed by atoms with Crippen molar-refractivity contribution in [3.63, 3.8) is 0 Å². The second-order valence-corrected chi connectivity index (χ2v) is 7.43. The number of hydrogen-bond donors (Lipinski definition) is 1. The lowest BCUT2D eigenvalue weighted by Gasteiger charge is -2.39. The van der Waals surface area contributed by atoms with Gasteiger partial charge in [0, 0.05) is 16.6 Å². The van der Waals surface area contributed by atoms with Gasteiger partial charge in [0.1, 0.15) is 5.75 Å². The van der Waals surface area contributed by atoms with E-state index in [4.69, 9.17) is 10.5 Å². The number of benzene rings is 1. The van der Waals surface area contributed by atoms with Crippen LogP contribution in [0.2, 0.25) is 0 Å². The first kappa shape index (κ1) is 14.9. The van der Waals surface area contributed by atoms with E-state index in [0.717, 1.165) is 34.5 Å². The molecule has 0 aliphatic heterocycles. The SMILES string of the molecule is CC1CC(Oc2cccc(Br)c2CN)CC(C)(C)C1. The minimum atomic E-state index is 0.304. The summed E-state index contributed by atoms with van der Waals surface area (Å²) in [7, 11) is 0. The molecular formula is C16H24BrNO. The molecule has 106 valence electrons. The number of hydrogen-bond acceptors (Lipinski definition) is 2. The molecule has 0 heterocycles. The molecule has 1 aromatic carbocycles. The molecule has 2 nitrogen and oxygen atoms in total. The molecule has 0 amide bonds. The molecule has 3 heteroatoms. The summed E-state index contributed by atoms with van der Waals surface area (Å²) in [5.74, 6) is 1.66. The molecule has 0 radical (unpaired) electrons. The lowest BCUT2D eigenvalue weighted by molar-refractivity contribution is 0.0556. The first-order chi connectivity index (χ1) is 8.91. The molecule has 0 aromatic heterocycles. The van der Waals surface area contributed by atoms with Crippen molar-refractivity contribution in [2.24, 2.45) is 17.1 Å². The van der Waals surface area contributed by atoms with Gasteiger partial charge < -0.3 is 10.5 Å². The Balaban J connectivity index is 2.15. The first-order valence-corrected chi connectivity index (χ1v) is 7.85. The van der Waals surface area contributed by atoms with Crippen LogP contribution in [0.1, 0.15) is 45.6 Å². The van der Waals surface area contributed by atoms with E-state index < -0.39 is 0 Å². The van der Waals surface area contributed by atoms with Crippen LogP contribution in [0.5, 0.6) is 5.75 Å². The molecule has 0 saturated heterocycles. The molecule has 2 N–H and O–H groups in total. The van der Waals surface area contributed by atoms with Crippen molar-refractivity contribution < 1.29 is 4.74 Å². The zero-order chi connectivity index (χ0) is 14.0. The topological polar surface area (TPSA) is 35.2 Å². The van der Waals surface area contributed by atoms with Crippen molar-refractivity contribution in [1.82, 2.24) is 0 Å². The van der Waals surface area contributed by atoms with Gasteiger partial charge in [0.2, 0.25) is 0 Å². The molecular weight excluding hydrogens is 302 g/mol. The molecule has 1 saturated carbocycles. The summed E-state index contributed by atoms with van der Waals surface area (Å²) in [6.45, 7) is 7.50. The molecule has 0 spiro atoms. The van der Waals surface area contributed by atoms with Crippen molar-refractivity contribution in [3.05, 3.63) is 28.2 Å². The summed E-state index contributed by atoms with van der Waals surface area (Å²) in [5, 5.41) is 0. The van der Waals surface area contributed by atoms with E-state index in [9.17, 15) is 0 Å². The van der Waals surface area contributed by atoms with E-state index in [2.05, 4.69) is 36.7 Å². The standard InChI is InChI=1S/C16H24BrNO/c1-11-7-12(9-16(2,3)8-11)19-15-6-4-5-14(17)13(15)10-18/h4-6,11-12H,7-10,18H2,1-3H3. The third kappa shape index (κ3) is 3.73. The third-order valence-electron chi connectivity index (χ3n) is 3.92. The average Bonchev–Trinajstić information content (AvgIpc) is 2.26. The second kappa shape index (κ2) is 5.84. The summed E-state index contributed by atoms with van der Waals surface area (Å²) in [4.78, 5) is 0. The van der Waals surface area contributed by atoms with Crippen LogP contribution in [0, 0.1) is 11.3 Å². The van der Waals surface area contributed by atoms with Crippen LogP contribution < -0.4 is 10.5 Å². The molecule has 1 aromatic rings. The van der Waals surface area contributed by atoms with Gasteiger partial charge in [-0.15, -0.1) is 0 Å². The Morgan fingerprint density at radius 1 is 1.37 bits per heavy atom. The molecule has 2 rings (SSSR count). The lowest BCUT2D eigenvalue weighted by Crippen LogP contribution is -2.34. The second-order valence-electron chi connectivity index (χ2n) is 6.57. The van der Waals surface area contributed by atoms with Crippen LogP contribution in [0.3, 0.4) is 0 Å². The van der Waals surface area contributed by atoms with Crippen molar-refractivity contribution in [1.29, 1.82) is 0 Å². The fourth-order valence-electron chi connectivity index (χ4n) is 3.38. The van der Waals surface area contributed by atoms with Crippen LogP contribution in [-0.2, 0) is 6.54 Å². The molecule has 0 bridgehead atoms. The first-order valence-electron chi connectivity index (χ1n) is 7.05. The number of nitrogens with two attached hydrogens (primary N) is 1. The van der Waals surface area contributed by atoms with E-state index >= 15 is 0 Å². The quantitative estimate of drug-likeness (QED) is 0.887. The molecule has 1 fully saturated rings. The van der Waals surface area contributed by atoms with Crippen molar-refractivity contribution in [2.45, 2.75) is 52.7 Å². The smallest absolute Gasteiger partial charge is 0.125 e. The van der Waals surface area contributed by atoms with Crippen LogP contribution in [-0.4, -0.2) is 6.10 Å². The Morgan fingerprint density at radius 3 is 2.74 bits per heavy atom. The Labute approximate surface area is 124 Å². The summed E-state index contributed by atoms with van der Waals surface area (Å²) >= 11 is 3.55. The van der Waals surface area contributed by atoms with Gasteiger partial charge in [-0.1, -0.05) is 42.8 Å². The van der Waals surface area contributed by atoms with Gasteiger partial charge in [0.05, 0.1) is 6.10 Å². The molecule has 2 atom stereocenters. The van der Waals surface area contributed by atoms with Crippen LogP contribution >= 0.6 is 15.9 Å².